The third-order valence-electron chi connectivity index (χ3n) is 4.88. The molecule has 0 aromatic heterocycles. The van der Waals surface area contributed by atoms with E-state index in [1.165, 1.54) is 0 Å². The van der Waals surface area contributed by atoms with E-state index in [2.05, 4.69) is 11.4 Å². The number of hydrogen-bond acceptors (Lipinski definition) is 4. The van der Waals surface area contributed by atoms with Crippen LogP contribution in [-0.2, 0) is 0 Å². The Morgan fingerprint density at radius 1 is 1.14 bits per heavy atom. The SMILES string of the molecule is CC(C)NC(=O)c1ccc(OCC2CCCN2C(=O)c2ccc(C#N)cc2)cc1. The van der Waals surface area contributed by atoms with Crippen LogP contribution in [0.25, 0.3) is 0 Å². The highest BCUT2D eigenvalue weighted by molar-refractivity contribution is 5.95. The van der Waals surface area contributed by atoms with E-state index >= 15 is 0 Å². The summed E-state index contributed by atoms with van der Waals surface area (Å²) in [6.07, 6.45) is 1.82. The molecule has 6 heteroatoms. The smallest absolute Gasteiger partial charge is 0.254 e. The van der Waals surface area contributed by atoms with Crippen LogP contribution < -0.4 is 10.1 Å². The number of amides is 2. The number of benzene rings is 2. The van der Waals surface area contributed by atoms with E-state index in [0.29, 0.717) is 35.6 Å². The summed E-state index contributed by atoms with van der Waals surface area (Å²) in [7, 11) is 0. The molecule has 0 spiro atoms. The lowest BCUT2D eigenvalue weighted by Gasteiger charge is -2.25. The van der Waals surface area contributed by atoms with Gasteiger partial charge < -0.3 is 15.0 Å². The van der Waals surface area contributed by atoms with Crippen LogP contribution in [0, 0.1) is 11.3 Å². The molecule has 29 heavy (non-hydrogen) atoms. The van der Waals surface area contributed by atoms with E-state index < -0.39 is 0 Å². The van der Waals surface area contributed by atoms with Crippen LogP contribution in [0.5, 0.6) is 5.75 Å². The molecule has 6 nitrogen and oxygen atoms in total. The molecule has 0 bridgehead atoms. The lowest BCUT2D eigenvalue weighted by atomic mass is 10.1. The maximum Gasteiger partial charge on any atom is 0.254 e. The van der Waals surface area contributed by atoms with Crippen LogP contribution in [0.3, 0.4) is 0 Å². The zero-order valence-electron chi connectivity index (χ0n) is 16.7. The van der Waals surface area contributed by atoms with Gasteiger partial charge in [-0.2, -0.15) is 5.26 Å². The van der Waals surface area contributed by atoms with Crippen molar-refractivity contribution in [3.8, 4) is 11.8 Å². The highest BCUT2D eigenvalue weighted by atomic mass is 16.5. The molecule has 1 heterocycles. The summed E-state index contributed by atoms with van der Waals surface area (Å²) in [5, 5.41) is 11.8. The molecular formula is C23H25N3O3. The van der Waals surface area contributed by atoms with Crippen LogP contribution in [-0.4, -0.2) is 41.9 Å². The first-order valence-electron chi connectivity index (χ1n) is 9.83. The monoisotopic (exact) mass is 391 g/mol. The molecule has 1 aliphatic heterocycles. The van der Waals surface area contributed by atoms with Crippen molar-refractivity contribution in [2.24, 2.45) is 0 Å². The topological polar surface area (TPSA) is 82.4 Å². The van der Waals surface area contributed by atoms with Crippen molar-refractivity contribution in [1.82, 2.24) is 10.2 Å². The molecule has 1 saturated heterocycles. The molecule has 0 aliphatic carbocycles. The Morgan fingerprint density at radius 2 is 1.79 bits per heavy atom. The highest BCUT2D eigenvalue weighted by Gasteiger charge is 2.30. The molecule has 2 aromatic rings. The van der Waals surface area contributed by atoms with Crippen molar-refractivity contribution in [3.63, 3.8) is 0 Å². The summed E-state index contributed by atoms with van der Waals surface area (Å²) < 4.78 is 5.89. The van der Waals surface area contributed by atoms with E-state index in [4.69, 9.17) is 10.00 Å². The van der Waals surface area contributed by atoms with Gasteiger partial charge in [0.1, 0.15) is 12.4 Å². The Kier molecular flexibility index (Phi) is 6.50. The Bertz CT molecular complexity index is 898. The lowest BCUT2D eigenvalue weighted by molar-refractivity contribution is 0.0691. The molecule has 2 aromatic carbocycles. The maximum absolute atomic E-state index is 12.8. The Labute approximate surface area is 171 Å². The van der Waals surface area contributed by atoms with Gasteiger partial charge in [-0.15, -0.1) is 0 Å². The zero-order chi connectivity index (χ0) is 20.8. The molecule has 0 saturated carbocycles. The predicted molar refractivity (Wildman–Crippen MR) is 110 cm³/mol. The summed E-state index contributed by atoms with van der Waals surface area (Å²) in [6, 6.07) is 15.9. The highest BCUT2D eigenvalue weighted by Crippen LogP contribution is 2.22. The number of likely N-dealkylation sites (tertiary alicyclic amines) is 1. The van der Waals surface area contributed by atoms with E-state index in [1.807, 2.05) is 18.7 Å². The summed E-state index contributed by atoms with van der Waals surface area (Å²) >= 11 is 0. The molecule has 1 atom stereocenters. The summed E-state index contributed by atoms with van der Waals surface area (Å²) in [5.41, 5.74) is 1.70. The molecular weight excluding hydrogens is 366 g/mol. The number of carbonyl (C=O) groups excluding carboxylic acids is 2. The van der Waals surface area contributed by atoms with Crippen LogP contribution in [0.4, 0.5) is 0 Å². The van der Waals surface area contributed by atoms with Gasteiger partial charge in [0.05, 0.1) is 17.7 Å². The van der Waals surface area contributed by atoms with Crippen LogP contribution >= 0.6 is 0 Å². The van der Waals surface area contributed by atoms with Gasteiger partial charge in [0.2, 0.25) is 0 Å². The van der Waals surface area contributed by atoms with Crippen molar-refractivity contribution >= 4 is 11.8 Å². The standard InChI is InChI=1S/C23H25N3O3/c1-16(2)25-22(27)18-9-11-21(12-10-18)29-15-20-4-3-13-26(20)23(28)19-7-5-17(14-24)6-8-19/h5-12,16,20H,3-4,13,15H2,1-2H3,(H,25,27). The largest absolute Gasteiger partial charge is 0.491 e. The Balaban J connectivity index is 1.59. The molecule has 1 aliphatic rings. The van der Waals surface area contributed by atoms with E-state index in [0.717, 1.165) is 12.8 Å². The van der Waals surface area contributed by atoms with Crippen molar-refractivity contribution < 1.29 is 14.3 Å². The predicted octanol–water partition coefficient (Wildman–Crippen LogP) is 3.38. The number of nitrogens with zero attached hydrogens (tertiary/aromatic N) is 2. The molecule has 150 valence electrons. The maximum atomic E-state index is 12.8. The molecule has 0 radical (unpaired) electrons. The van der Waals surface area contributed by atoms with Gasteiger partial charge in [-0.05, 0) is 75.2 Å². The summed E-state index contributed by atoms with van der Waals surface area (Å²) in [5.74, 6) is 0.520. The summed E-state index contributed by atoms with van der Waals surface area (Å²) in [4.78, 5) is 26.7. The first-order valence-corrected chi connectivity index (χ1v) is 9.83. The molecule has 1 fully saturated rings. The van der Waals surface area contributed by atoms with Gasteiger partial charge in [0, 0.05) is 23.7 Å². The fraction of sp³-hybridized carbons (Fsp3) is 0.348. The molecule has 1 unspecified atom stereocenters. The van der Waals surface area contributed by atoms with Gasteiger partial charge in [-0.1, -0.05) is 0 Å². The second-order valence-corrected chi connectivity index (χ2v) is 7.45. The lowest BCUT2D eigenvalue weighted by Crippen LogP contribution is -2.39. The minimum absolute atomic E-state index is 0.00191. The normalized spacial score (nSPS) is 15.8. The minimum atomic E-state index is -0.110. The number of hydrogen-bond donors (Lipinski definition) is 1. The van der Waals surface area contributed by atoms with Crippen molar-refractivity contribution in [2.75, 3.05) is 13.2 Å². The van der Waals surface area contributed by atoms with Crippen molar-refractivity contribution in [2.45, 2.75) is 38.8 Å². The van der Waals surface area contributed by atoms with E-state index in [-0.39, 0.29) is 23.9 Å². The van der Waals surface area contributed by atoms with Crippen LogP contribution in [0.2, 0.25) is 0 Å². The molecule has 1 N–H and O–H groups in total. The number of carbonyl (C=O) groups is 2. The van der Waals surface area contributed by atoms with Crippen LogP contribution in [0.1, 0.15) is 53.0 Å². The average molecular weight is 391 g/mol. The van der Waals surface area contributed by atoms with Gasteiger partial charge in [-0.25, -0.2) is 0 Å². The minimum Gasteiger partial charge on any atom is -0.491 e. The van der Waals surface area contributed by atoms with E-state index in [1.54, 1.807) is 48.5 Å². The van der Waals surface area contributed by atoms with Gasteiger partial charge in [-0.3, -0.25) is 9.59 Å². The third-order valence-corrected chi connectivity index (χ3v) is 4.88. The fourth-order valence-electron chi connectivity index (χ4n) is 3.37. The Morgan fingerprint density at radius 3 is 2.41 bits per heavy atom. The summed E-state index contributed by atoms with van der Waals surface area (Å²) in [6.45, 7) is 4.94. The van der Waals surface area contributed by atoms with Gasteiger partial charge in [0.25, 0.3) is 11.8 Å². The number of rotatable bonds is 6. The van der Waals surface area contributed by atoms with Crippen LogP contribution in [0.15, 0.2) is 48.5 Å². The molecule has 2 amide bonds. The number of nitrogens with one attached hydrogen (secondary N) is 1. The quantitative estimate of drug-likeness (QED) is 0.818. The fourth-order valence-corrected chi connectivity index (χ4v) is 3.37. The van der Waals surface area contributed by atoms with Crippen molar-refractivity contribution in [3.05, 3.63) is 65.2 Å². The van der Waals surface area contributed by atoms with E-state index in [9.17, 15) is 9.59 Å². The first-order chi connectivity index (χ1) is 14.0. The molecule has 3 rings (SSSR count). The zero-order valence-corrected chi connectivity index (χ0v) is 16.7. The Hall–Kier alpha value is -3.33. The number of ether oxygens (including phenoxy) is 1. The third kappa shape index (κ3) is 5.14. The van der Waals surface area contributed by atoms with Gasteiger partial charge >= 0.3 is 0 Å². The van der Waals surface area contributed by atoms with Crippen molar-refractivity contribution in [1.29, 1.82) is 5.26 Å². The first kappa shape index (κ1) is 20.4. The van der Waals surface area contributed by atoms with Gasteiger partial charge in [0.15, 0.2) is 0 Å². The average Bonchev–Trinajstić information content (AvgIpc) is 3.20. The number of nitriles is 1. The second-order valence-electron chi connectivity index (χ2n) is 7.45. The second kappa shape index (κ2) is 9.24.